The summed E-state index contributed by atoms with van der Waals surface area (Å²) < 4.78 is 0. The minimum absolute atomic E-state index is 0.132. The van der Waals surface area contributed by atoms with E-state index in [1.165, 1.54) is 0 Å². The summed E-state index contributed by atoms with van der Waals surface area (Å²) in [6.45, 7) is 0.907. The molecule has 0 spiro atoms. The molecule has 1 unspecified atom stereocenters. The zero-order valence-electron chi connectivity index (χ0n) is 11.0. The number of hydrogen-bond donors (Lipinski definition) is 2. The molecular weight excluding hydrogens is 242 g/mol. The molecule has 0 aliphatic carbocycles. The van der Waals surface area contributed by atoms with Crippen molar-refractivity contribution < 1.29 is 9.59 Å². The number of amides is 2. The zero-order chi connectivity index (χ0) is 13.8. The lowest BCUT2D eigenvalue weighted by Crippen LogP contribution is -2.46. The van der Waals surface area contributed by atoms with Crippen LogP contribution in [-0.4, -0.2) is 36.3 Å². The molecule has 1 aromatic rings. The third-order valence-electron chi connectivity index (χ3n) is 3.53. The average Bonchev–Trinajstić information content (AvgIpc) is 2.82. The highest BCUT2D eigenvalue weighted by molar-refractivity contribution is 5.89. The molecule has 2 rings (SSSR count). The highest BCUT2D eigenvalue weighted by Crippen LogP contribution is 2.17. The van der Waals surface area contributed by atoms with Gasteiger partial charge in [-0.1, -0.05) is 30.3 Å². The molecular formula is C14H19N3O2. The molecule has 0 saturated carbocycles. The molecule has 2 atom stereocenters. The second kappa shape index (κ2) is 5.84. The maximum atomic E-state index is 12.2. The Balaban J connectivity index is 2.09. The van der Waals surface area contributed by atoms with Crippen molar-refractivity contribution in [3.05, 3.63) is 35.9 Å². The van der Waals surface area contributed by atoms with Crippen LogP contribution in [0.15, 0.2) is 30.3 Å². The summed E-state index contributed by atoms with van der Waals surface area (Å²) >= 11 is 0. The van der Waals surface area contributed by atoms with E-state index in [9.17, 15) is 9.59 Å². The molecule has 1 fully saturated rings. The Morgan fingerprint density at radius 2 is 2.05 bits per heavy atom. The van der Waals surface area contributed by atoms with Crippen molar-refractivity contribution in [1.82, 2.24) is 10.2 Å². The lowest BCUT2D eigenvalue weighted by atomic mass is 10.1. The molecule has 0 bridgehead atoms. The van der Waals surface area contributed by atoms with Crippen molar-refractivity contribution in [3.8, 4) is 0 Å². The van der Waals surface area contributed by atoms with E-state index in [2.05, 4.69) is 5.32 Å². The molecule has 0 radical (unpaired) electrons. The van der Waals surface area contributed by atoms with Crippen LogP contribution < -0.4 is 11.1 Å². The van der Waals surface area contributed by atoms with Gasteiger partial charge in [-0.25, -0.2) is 0 Å². The van der Waals surface area contributed by atoms with Gasteiger partial charge < -0.3 is 11.1 Å². The highest BCUT2D eigenvalue weighted by Gasteiger charge is 2.30. The third kappa shape index (κ3) is 3.12. The second-order valence-electron chi connectivity index (χ2n) is 4.89. The van der Waals surface area contributed by atoms with Crippen LogP contribution in [0.4, 0.5) is 0 Å². The number of likely N-dealkylation sites (N-methyl/N-ethyl adjacent to an activating group) is 1. The van der Waals surface area contributed by atoms with Crippen LogP contribution in [0.1, 0.15) is 24.4 Å². The van der Waals surface area contributed by atoms with Crippen LogP contribution in [0.3, 0.4) is 0 Å². The molecule has 0 aromatic heterocycles. The zero-order valence-corrected chi connectivity index (χ0v) is 11.0. The Hall–Kier alpha value is -1.88. The van der Waals surface area contributed by atoms with E-state index in [1.807, 2.05) is 30.1 Å². The standard InChI is InChI=1S/C14H19N3O2/c1-17-9-5-8-11(17)14(19)16-12(13(15)18)10-6-3-2-4-7-10/h2-4,6-7,11-12H,5,8-9H2,1H3,(H2,15,18)(H,16,19)/t11-,12?/m1/s1. The summed E-state index contributed by atoms with van der Waals surface area (Å²) in [6.07, 6.45) is 1.82. The summed E-state index contributed by atoms with van der Waals surface area (Å²) in [7, 11) is 1.92. The van der Waals surface area contributed by atoms with E-state index in [0.717, 1.165) is 19.4 Å². The highest BCUT2D eigenvalue weighted by atomic mass is 16.2. The van der Waals surface area contributed by atoms with Crippen LogP contribution in [0, 0.1) is 0 Å². The monoisotopic (exact) mass is 261 g/mol. The SMILES string of the molecule is CN1CCC[C@@H]1C(=O)NC(C(N)=O)c1ccccc1. The molecule has 1 aromatic carbocycles. The van der Waals surface area contributed by atoms with Gasteiger partial charge in [0.05, 0.1) is 6.04 Å². The van der Waals surface area contributed by atoms with Crippen molar-refractivity contribution in [3.63, 3.8) is 0 Å². The molecule has 102 valence electrons. The van der Waals surface area contributed by atoms with Gasteiger partial charge in [-0.3, -0.25) is 14.5 Å². The topological polar surface area (TPSA) is 75.4 Å². The summed E-state index contributed by atoms with van der Waals surface area (Å²) in [6, 6.07) is 8.14. The van der Waals surface area contributed by atoms with Crippen molar-refractivity contribution >= 4 is 11.8 Å². The molecule has 1 aliphatic rings. The van der Waals surface area contributed by atoms with Gasteiger partial charge in [0.15, 0.2) is 0 Å². The summed E-state index contributed by atoms with van der Waals surface area (Å²) in [5.41, 5.74) is 6.10. The first-order chi connectivity index (χ1) is 9.09. The maximum absolute atomic E-state index is 12.2. The van der Waals surface area contributed by atoms with E-state index in [0.29, 0.717) is 5.56 Å². The van der Waals surface area contributed by atoms with Gasteiger partial charge in [-0.05, 0) is 32.0 Å². The Morgan fingerprint density at radius 3 is 2.58 bits per heavy atom. The Labute approximate surface area is 112 Å². The number of carbonyl (C=O) groups is 2. The molecule has 1 heterocycles. The van der Waals surface area contributed by atoms with Crippen LogP contribution >= 0.6 is 0 Å². The molecule has 1 aliphatic heterocycles. The first-order valence-electron chi connectivity index (χ1n) is 6.44. The minimum Gasteiger partial charge on any atom is -0.368 e. The van der Waals surface area contributed by atoms with Crippen LogP contribution in [0.25, 0.3) is 0 Å². The Kier molecular flexibility index (Phi) is 4.16. The fraction of sp³-hybridized carbons (Fsp3) is 0.429. The largest absolute Gasteiger partial charge is 0.368 e. The summed E-state index contributed by atoms with van der Waals surface area (Å²) in [5.74, 6) is -0.673. The Morgan fingerprint density at radius 1 is 1.37 bits per heavy atom. The minimum atomic E-state index is -0.761. The van der Waals surface area contributed by atoms with E-state index in [1.54, 1.807) is 12.1 Å². The van der Waals surface area contributed by atoms with Crippen LogP contribution in [0.2, 0.25) is 0 Å². The predicted octanol–water partition coefficient (Wildman–Crippen LogP) is 0.423. The van der Waals surface area contributed by atoms with Gasteiger partial charge in [0.1, 0.15) is 6.04 Å². The van der Waals surface area contributed by atoms with Crippen LogP contribution in [0.5, 0.6) is 0 Å². The number of hydrogen-bond acceptors (Lipinski definition) is 3. The summed E-state index contributed by atoms with van der Waals surface area (Å²) in [5, 5.41) is 2.75. The predicted molar refractivity (Wildman–Crippen MR) is 72.2 cm³/mol. The van der Waals surface area contributed by atoms with Gasteiger partial charge in [0.25, 0.3) is 0 Å². The number of rotatable bonds is 4. The van der Waals surface area contributed by atoms with E-state index in [4.69, 9.17) is 5.73 Å². The number of benzene rings is 1. The number of likely N-dealkylation sites (tertiary alicyclic amines) is 1. The fourth-order valence-electron chi connectivity index (χ4n) is 2.44. The van der Waals surface area contributed by atoms with Crippen LogP contribution in [-0.2, 0) is 9.59 Å². The molecule has 3 N–H and O–H groups in total. The lowest BCUT2D eigenvalue weighted by Gasteiger charge is -2.22. The Bertz CT molecular complexity index is 461. The normalized spacial score (nSPS) is 21.0. The van der Waals surface area contributed by atoms with Crippen molar-refractivity contribution in [2.24, 2.45) is 5.73 Å². The third-order valence-corrected chi connectivity index (χ3v) is 3.53. The van der Waals surface area contributed by atoms with E-state index >= 15 is 0 Å². The van der Waals surface area contributed by atoms with Gasteiger partial charge in [0, 0.05) is 0 Å². The van der Waals surface area contributed by atoms with Crippen molar-refractivity contribution in [1.29, 1.82) is 0 Å². The maximum Gasteiger partial charge on any atom is 0.244 e. The van der Waals surface area contributed by atoms with E-state index in [-0.39, 0.29) is 11.9 Å². The first kappa shape index (κ1) is 13.5. The number of nitrogens with one attached hydrogen (secondary N) is 1. The van der Waals surface area contributed by atoms with Gasteiger partial charge in [-0.15, -0.1) is 0 Å². The fourth-order valence-corrected chi connectivity index (χ4v) is 2.44. The van der Waals surface area contributed by atoms with E-state index < -0.39 is 11.9 Å². The van der Waals surface area contributed by atoms with Gasteiger partial charge in [0.2, 0.25) is 11.8 Å². The lowest BCUT2D eigenvalue weighted by molar-refractivity contribution is -0.130. The quantitative estimate of drug-likeness (QED) is 0.825. The molecule has 1 saturated heterocycles. The van der Waals surface area contributed by atoms with Gasteiger partial charge in [-0.2, -0.15) is 0 Å². The molecule has 19 heavy (non-hydrogen) atoms. The molecule has 2 amide bonds. The second-order valence-corrected chi connectivity index (χ2v) is 4.89. The molecule has 5 nitrogen and oxygen atoms in total. The van der Waals surface area contributed by atoms with Crippen molar-refractivity contribution in [2.75, 3.05) is 13.6 Å². The number of carbonyl (C=O) groups excluding carboxylic acids is 2. The number of nitrogens with zero attached hydrogens (tertiary/aromatic N) is 1. The smallest absolute Gasteiger partial charge is 0.244 e. The number of nitrogens with two attached hydrogens (primary N) is 1. The molecule has 5 heteroatoms. The van der Waals surface area contributed by atoms with Gasteiger partial charge >= 0.3 is 0 Å². The number of primary amides is 1. The summed E-state index contributed by atoms with van der Waals surface area (Å²) in [4.78, 5) is 25.7. The van der Waals surface area contributed by atoms with Crippen molar-refractivity contribution in [2.45, 2.75) is 24.9 Å². The first-order valence-corrected chi connectivity index (χ1v) is 6.44. The average molecular weight is 261 g/mol.